The predicted octanol–water partition coefficient (Wildman–Crippen LogP) is 5.48. The average Bonchev–Trinajstić information content (AvgIpc) is 3.45. The van der Waals surface area contributed by atoms with E-state index in [2.05, 4.69) is 52.5 Å². The first-order valence-electron chi connectivity index (χ1n) is 15.1. The summed E-state index contributed by atoms with van der Waals surface area (Å²) in [5, 5.41) is 3.38. The van der Waals surface area contributed by atoms with E-state index in [4.69, 9.17) is 39.5 Å². The molecule has 8 nitrogen and oxygen atoms in total. The van der Waals surface area contributed by atoms with Crippen molar-refractivity contribution in [1.82, 2.24) is 19.4 Å². The minimum Gasteiger partial charge on any atom is -0.370 e. The van der Waals surface area contributed by atoms with E-state index in [1.807, 2.05) is 0 Å². The predicted molar refractivity (Wildman–Crippen MR) is 171 cm³/mol. The molecule has 0 aromatic heterocycles. The molecule has 0 spiro atoms. The largest absolute Gasteiger partial charge is 0.370 e. The number of amides is 1. The molecule has 0 bridgehead atoms. The van der Waals surface area contributed by atoms with E-state index < -0.39 is 16.1 Å². The fourth-order valence-electron chi connectivity index (χ4n) is 6.85. The number of hydrogen-bond donors (Lipinski definition) is 1. The average molecular weight is 672 g/mol. The Bertz CT molecular complexity index is 1330. The zero-order chi connectivity index (χ0) is 30.6. The SMILES string of the molecule is CN1CCN(C(c2ccccc2)C2CCC(NC(=O)COCC3CCCN3S(=O)(=O)c3c(Cl)cc(Cl)cc3Cl)CC2)CC1. The maximum Gasteiger partial charge on any atom is 0.246 e. The maximum absolute atomic E-state index is 13.4. The number of carbonyl (C=O) groups excluding carboxylic acids is 1. The molecular formula is C31H41Cl3N4O4S. The number of halogens is 3. The number of nitrogens with one attached hydrogen (secondary N) is 1. The summed E-state index contributed by atoms with van der Waals surface area (Å²) >= 11 is 18.4. The number of rotatable bonds is 10. The van der Waals surface area contributed by atoms with Crippen molar-refractivity contribution in [3.05, 3.63) is 63.1 Å². The Hall–Kier alpha value is -1.43. The Morgan fingerprint density at radius 1 is 0.953 bits per heavy atom. The van der Waals surface area contributed by atoms with E-state index in [-0.39, 0.29) is 45.1 Å². The molecule has 2 unspecified atom stereocenters. The molecule has 3 aliphatic rings. The van der Waals surface area contributed by atoms with Crippen molar-refractivity contribution >= 4 is 50.7 Å². The summed E-state index contributed by atoms with van der Waals surface area (Å²) in [5.41, 5.74) is 1.39. The third-order valence-corrected chi connectivity index (χ3v) is 12.1. The van der Waals surface area contributed by atoms with Gasteiger partial charge in [0.25, 0.3) is 0 Å². The van der Waals surface area contributed by atoms with Crippen LogP contribution in [0.1, 0.15) is 50.1 Å². The molecule has 1 amide bonds. The first kappa shape index (κ1) is 32.9. The first-order chi connectivity index (χ1) is 20.6. The highest BCUT2D eigenvalue weighted by molar-refractivity contribution is 7.89. The normalized spacial score (nSPS) is 25.1. The van der Waals surface area contributed by atoms with Crippen LogP contribution >= 0.6 is 34.8 Å². The molecule has 2 atom stereocenters. The fourth-order valence-corrected chi connectivity index (χ4v) is 10.0. The summed E-state index contributed by atoms with van der Waals surface area (Å²) in [6.07, 6.45) is 5.30. The van der Waals surface area contributed by atoms with Crippen molar-refractivity contribution in [2.45, 2.75) is 61.5 Å². The standard InChI is InChI=1S/C31H41Cl3N4O4S/c1-36-14-16-37(17-15-36)30(22-6-3-2-4-7-22)23-9-11-25(12-10-23)35-29(39)21-42-20-26-8-5-13-38(26)43(40,41)31-27(33)18-24(32)19-28(31)34/h2-4,6-7,18-19,23,25-26,30H,5,8-17,20-21H2,1H3,(H,35,39). The van der Waals surface area contributed by atoms with Crippen molar-refractivity contribution < 1.29 is 17.9 Å². The number of benzene rings is 2. The van der Waals surface area contributed by atoms with Crippen LogP contribution in [-0.2, 0) is 19.6 Å². The fraction of sp³-hybridized carbons (Fsp3) is 0.581. The van der Waals surface area contributed by atoms with E-state index in [0.29, 0.717) is 31.3 Å². The number of likely N-dealkylation sites (N-methyl/N-ethyl adjacent to an activating group) is 1. The zero-order valence-electron chi connectivity index (χ0n) is 24.6. The second kappa shape index (κ2) is 14.8. The highest BCUT2D eigenvalue weighted by Gasteiger charge is 2.38. The van der Waals surface area contributed by atoms with Gasteiger partial charge in [0.15, 0.2) is 0 Å². The lowest BCUT2D eigenvalue weighted by Crippen LogP contribution is -2.48. The molecule has 12 heteroatoms. The molecular weight excluding hydrogens is 631 g/mol. The lowest BCUT2D eigenvalue weighted by molar-refractivity contribution is -0.127. The Morgan fingerprint density at radius 3 is 2.26 bits per heavy atom. The smallest absolute Gasteiger partial charge is 0.246 e. The van der Waals surface area contributed by atoms with Crippen LogP contribution in [0.3, 0.4) is 0 Å². The van der Waals surface area contributed by atoms with Gasteiger partial charge in [-0.05, 0) is 69.2 Å². The topological polar surface area (TPSA) is 82.2 Å². The summed E-state index contributed by atoms with van der Waals surface area (Å²) in [6, 6.07) is 13.7. The second-order valence-corrected chi connectivity index (χ2v) is 15.1. The molecule has 5 rings (SSSR count). The van der Waals surface area contributed by atoms with Crippen molar-refractivity contribution in [3.63, 3.8) is 0 Å². The summed E-state index contributed by atoms with van der Waals surface area (Å²) in [4.78, 5) is 17.7. The van der Waals surface area contributed by atoms with Crippen LogP contribution in [0.2, 0.25) is 15.1 Å². The zero-order valence-corrected chi connectivity index (χ0v) is 27.6. The van der Waals surface area contributed by atoms with Crippen molar-refractivity contribution in [2.24, 2.45) is 5.92 Å². The van der Waals surface area contributed by atoms with Gasteiger partial charge in [-0.15, -0.1) is 0 Å². The van der Waals surface area contributed by atoms with Gasteiger partial charge in [0, 0.05) is 55.9 Å². The molecule has 3 fully saturated rings. The summed E-state index contributed by atoms with van der Waals surface area (Å²) in [7, 11) is -1.77. The highest BCUT2D eigenvalue weighted by Crippen LogP contribution is 2.39. The van der Waals surface area contributed by atoms with Gasteiger partial charge in [-0.25, -0.2) is 8.42 Å². The number of ether oxygens (including phenoxy) is 1. The minimum atomic E-state index is -3.96. The van der Waals surface area contributed by atoms with Gasteiger partial charge in [0.2, 0.25) is 15.9 Å². The third kappa shape index (κ3) is 8.05. The third-order valence-electron chi connectivity index (χ3n) is 9.05. The molecule has 43 heavy (non-hydrogen) atoms. The van der Waals surface area contributed by atoms with Crippen LogP contribution in [0, 0.1) is 5.92 Å². The van der Waals surface area contributed by atoms with Crippen LogP contribution in [0.15, 0.2) is 47.4 Å². The lowest BCUT2D eigenvalue weighted by Gasteiger charge is -2.44. The Kier molecular flexibility index (Phi) is 11.3. The molecule has 1 aliphatic carbocycles. The van der Waals surface area contributed by atoms with Crippen molar-refractivity contribution in [3.8, 4) is 0 Å². The molecule has 1 saturated carbocycles. The van der Waals surface area contributed by atoms with Crippen LogP contribution < -0.4 is 5.32 Å². The van der Waals surface area contributed by atoms with E-state index in [9.17, 15) is 13.2 Å². The number of sulfonamides is 1. The Balaban J connectivity index is 1.10. The maximum atomic E-state index is 13.4. The van der Waals surface area contributed by atoms with E-state index in [0.717, 1.165) is 51.9 Å². The summed E-state index contributed by atoms with van der Waals surface area (Å²) in [6.45, 7) is 4.66. The van der Waals surface area contributed by atoms with Gasteiger partial charge >= 0.3 is 0 Å². The van der Waals surface area contributed by atoms with Gasteiger partial charge in [0.1, 0.15) is 11.5 Å². The van der Waals surface area contributed by atoms with Crippen molar-refractivity contribution in [1.29, 1.82) is 0 Å². The lowest BCUT2D eigenvalue weighted by atomic mass is 9.78. The number of nitrogens with zero attached hydrogens (tertiary/aromatic N) is 3. The molecule has 2 aromatic rings. The van der Waals surface area contributed by atoms with Gasteiger partial charge in [-0.1, -0.05) is 65.1 Å². The van der Waals surface area contributed by atoms with Crippen LogP contribution in [0.25, 0.3) is 0 Å². The van der Waals surface area contributed by atoms with Gasteiger partial charge < -0.3 is 15.0 Å². The number of hydrogen-bond acceptors (Lipinski definition) is 6. The highest BCUT2D eigenvalue weighted by atomic mass is 35.5. The Labute approximate surface area is 270 Å². The van der Waals surface area contributed by atoms with E-state index in [1.165, 1.54) is 22.0 Å². The van der Waals surface area contributed by atoms with Gasteiger partial charge in [-0.2, -0.15) is 4.31 Å². The first-order valence-corrected chi connectivity index (χ1v) is 17.7. The number of carbonyl (C=O) groups is 1. The Morgan fingerprint density at radius 2 is 1.60 bits per heavy atom. The molecule has 2 saturated heterocycles. The van der Waals surface area contributed by atoms with Crippen LogP contribution in [-0.4, -0.2) is 93.5 Å². The van der Waals surface area contributed by atoms with Crippen molar-refractivity contribution in [2.75, 3.05) is 53.0 Å². The molecule has 236 valence electrons. The van der Waals surface area contributed by atoms with Crippen LogP contribution in [0.4, 0.5) is 0 Å². The molecule has 2 aromatic carbocycles. The monoisotopic (exact) mass is 670 g/mol. The van der Waals surface area contributed by atoms with Gasteiger partial charge in [0.05, 0.1) is 16.7 Å². The summed E-state index contributed by atoms with van der Waals surface area (Å²) < 4.78 is 33.9. The second-order valence-electron chi connectivity index (χ2n) is 12.0. The van der Waals surface area contributed by atoms with Crippen LogP contribution in [0.5, 0.6) is 0 Å². The quantitative estimate of drug-likeness (QED) is 0.361. The molecule has 2 heterocycles. The molecule has 0 radical (unpaired) electrons. The molecule has 2 aliphatic heterocycles. The van der Waals surface area contributed by atoms with Gasteiger partial charge in [-0.3, -0.25) is 9.69 Å². The number of piperazine rings is 1. The van der Waals surface area contributed by atoms with E-state index in [1.54, 1.807) is 0 Å². The van der Waals surface area contributed by atoms with E-state index >= 15 is 0 Å². The minimum absolute atomic E-state index is 0.0169. The molecule has 1 N–H and O–H groups in total. The summed E-state index contributed by atoms with van der Waals surface area (Å²) in [5.74, 6) is 0.381.